The van der Waals surface area contributed by atoms with Gasteiger partial charge < -0.3 is 10.1 Å². The SMILES string of the molecule is O=c1[nH]c2cccc3c2n1C[C@H](Br)[C@H]3O. The number of aliphatic hydroxyl groups excluding tert-OH is 1. The number of halogens is 1. The highest BCUT2D eigenvalue weighted by atomic mass is 79.9. The summed E-state index contributed by atoms with van der Waals surface area (Å²) in [5, 5.41) is 9.97. The molecule has 0 amide bonds. The number of benzene rings is 1. The van der Waals surface area contributed by atoms with E-state index in [0.717, 1.165) is 16.6 Å². The number of alkyl halides is 1. The zero-order valence-corrected chi connectivity index (χ0v) is 9.36. The molecule has 1 aromatic carbocycles. The molecule has 2 atom stereocenters. The van der Waals surface area contributed by atoms with Crippen LogP contribution in [0.3, 0.4) is 0 Å². The van der Waals surface area contributed by atoms with Crippen LogP contribution in [0, 0.1) is 0 Å². The fourth-order valence-electron chi connectivity index (χ4n) is 2.13. The second-order valence-electron chi connectivity index (χ2n) is 3.74. The van der Waals surface area contributed by atoms with Gasteiger partial charge in [0.2, 0.25) is 0 Å². The fourth-order valence-corrected chi connectivity index (χ4v) is 2.70. The van der Waals surface area contributed by atoms with Crippen molar-refractivity contribution in [1.29, 1.82) is 0 Å². The smallest absolute Gasteiger partial charge is 0.326 e. The molecule has 0 aliphatic carbocycles. The second-order valence-corrected chi connectivity index (χ2v) is 4.92. The standard InChI is InChI=1S/C10H9BrN2O2/c11-6-4-13-8-5(9(6)14)2-1-3-7(8)12-10(13)15/h1-3,6,9,14H,4H2,(H,12,15)/t6-,9-/m0/s1. The Labute approximate surface area is 93.7 Å². The molecule has 5 heteroatoms. The van der Waals surface area contributed by atoms with Crippen molar-refractivity contribution >= 4 is 27.0 Å². The molecule has 2 aromatic rings. The van der Waals surface area contributed by atoms with Gasteiger partial charge in [-0.15, -0.1) is 0 Å². The molecule has 0 saturated carbocycles. The molecule has 1 aliphatic rings. The topological polar surface area (TPSA) is 58.0 Å². The highest BCUT2D eigenvalue weighted by molar-refractivity contribution is 9.09. The maximum absolute atomic E-state index is 11.6. The molecule has 4 nitrogen and oxygen atoms in total. The van der Waals surface area contributed by atoms with E-state index in [4.69, 9.17) is 0 Å². The first kappa shape index (κ1) is 9.18. The van der Waals surface area contributed by atoms with Crippen LogP contribution in [0.2, 0.25) is 0 Å². The molecule has 3 rings (SSSR count). The molecule has 0 spiro atoms. The average Bonchev–Trinajstić information content (AvgIpc) is 2.53. The Hall–Kier alpha value is -1.07. The number of H-pyrrole nitrogens is 1. The van der Waals surface area contributed by atoms with Crippen LogP contribution in [-0.4, -0.2) is 19.5 Å². The van der Waals surface area contributed by atoms with E-state index < -0.39 is 6.10 Å². The Bertz CT molecular complexity index is 587. The molecule has 2 N–H and O–H groups in total. The van der Waals surface area contributed by atoms with E-state index in [1.54, 1.807) is 4.57 Å². The average molecular weight is 269 g/mol. The minimum atomic E-state index is -0.552. The number of aromatic nitrogens is 2. The molecule has 1 aliphatic heterocycles. The zero-order valence-electron chi connectivity index (χ0n) is 7.77. The number of nitrogens with zero attached hydrogens (tertiary/aromatic N) is 1. The third kappa shape index (κ3) is 1.13. The Morgan fingerprint density at radius 2 is 2.33 bits per heavy atom. The molecule has 0 fully saturated rings. The normalized spacial score (nSPS) is 24.7. The minimum Gasteiger partial charge on any atom is -0.387 e. The van der Waals surface area contributed by atoms with Crippen molar-refractivity contribution in [3.8, 4) is 0 Å². The first-order valence-electron chi connectivity index (χ1n) is 4.72. The van der Waals surface area contributed by atoms with Crippen LogP contribution in [0.1, 0.15) is 11.7 Å². The highest BCUT2D eigenvalue weighted by Crippen LogP contribution is 2.33. The van der Waals surface area contributed by atoms with Crippen molar-refractivity contribution in [1.82, 2.24) is 9.55 Å². The molecule has 0 radical (unpaired) electrons. The van der Waals surface area contributed by atoms with E-state index in [-0.39, 0.29) is 10.5 Å². The molecule has 0 bridgehead atoms. The van der Waals surface area contributed by atoms with Gasteiger partial charge in [0, 0.05) is 12.1 Å². The summed E-state index contributed by atoms with van der Waals surface area (Å²) in [5.74, 6) is 0. The van der Waals surface area contributed by atoms with E-state index in [0.29, 0.717) is 6.54 Å². The van der Waals surface area contributed by atoms with Gasteiger partial charge in [0.25, 0.3) is 0 Å². The largest absolute Gasteiger partial charge is 0.387 e. The Kier molecular flexibility index (Phi) is 1.81. The van der Waals surface area contributed by atoms with Gasteiger partial charge in [-0.3, -0.25) is 4.57 Å². The molecule has 2 heterocycles. The molecule has 15 heavy (non-hydrogen) atoms. The summed E-state index contributed by atoms with van der Waals surface area (Å²) in [4.78, 5) is 14.3. The summed E-state index contributed by atoms with van der Waals surface area (Å²) in [6, 6.07) is 5.54. The number of aromatic amines is 1. The monoisotopic (exact) mass is 268 g/mol. The summed E-state index contributed by atoms with van der Waals surface area (Å²) in [7, 11) is 0. The highest BCUT2D eigenvalue weighted by Gasteiger charge is 2.28. The summed E-state index contributed by atoms with van der Waals surface area (Å²) in [5.41, 5.74) is 2.30. The van der Waals surface area contributed by atoms with Gasteiger partial charge in [0.1, 0.15) is 0 Å². The number of hydrogen-bond acceptors (Lipinski definition) is 2. The quantitative estimate of drug-likeness (QED) is 0.704. The van der Waals surface area contributed by atoms with Crippen molar-refractivity contribution in [3.05, 3.63) is 34.2 Å². The number of rotatable bonds is 0. The van der Waals surface area contributed by atoms with Gasteiger partial charge in [0.15, 0.2) is 0 Å². The number of hydrogen-bond donors (Lipinski definition) is 2. The van der Waals surface area contributed by atoms with Gasteiger partial charge in [-0.1, -0.05) is 28.1 Å². The predicted molar refractivity (Wildman–Crippen MR) is 60.2 cm³/mol. The molecular weight excluding hydrogens is 260 g/mol. The van der Waals surface area contributed by atoms with Gasteiger partial charge in [0.05, 0.1) is 22.0 Å². The Morgan fingerprint density at radius 1 is 1.53 bits per heavy atom. The molecular formula is C10H9BrN2O2. The molecule has 0 unspecified atom stereocenters. The van der Waals surface area contributed by atoms with E-state index in [1.807, 2.05) is 18.2 Å². The first-order valence-corrected chi connectivity index (χ1v) is 5.63. The van der Waals surface area contributed by atoms with Gasteiger partial charge in [-0.05, 0) is 6.07 Å². The lowest BCUT2D eigenvalue weighted by molar-refractivity contribution is 0.165. The lowest BCUT2D eigenvalue weighted by atomic mass is 10.0. The van der Waals surface area contributed by atoms with Crippen LogP contribution in [0.15, 0.2) is 23.0 Å². The third-order valence-electron chi connectivity index (χ3n) is 2.84. The number of aliphatic hydroxyl groups is 1. The molecule has 78 valence electrons. The second kappa shape index (κ2) is 2.96. The fraction of sp³-hybridized carbons (Fsp3) is 0.300. The van der Waals surface area contributed by atoms with Crippen LogP contribution in [0.25, 0.3) is 11.0 Å². The predicted octanol–water partition coefficient (Wildman–Crippen LogP) is 1.14. The summed E-state index contributed by atoms with van der Waals surface area (Å²) in [6.07, 6.45) is -0.552. The van der Waals surface area contributed by atoms with E-state index in [9.17, 15) is 9.90 Å². The Morgan fingerprint density at radius 3 is 3.13 bits per heavy atom. The third-order valence-corrected chi connectivity index (χ3v) is 3.63. The van der Waals surface area contributed by atoms with E-state index in [2.05, 4.69) is 20.9 Å². The molecule has 1 aromatic heterocycles. The number of para-hydroxylation sites is 1. The van der Waals surface area contributed by atoms with E-state index >= 15 is 0 Å². The van der Waals surface area contributed by atoms with Gasteiger partial charge in [-0.2, -0.15) is 0 Å². The molecule has 0 saturated heterocycles. The summed E-state index contributed by atoms with van der Waals surface area (Å²) < 4.78 is 1.66. The van der Waals surface area contributed by atoms with Crippen molar-refractivity contribution in [2.45, 2.75) is 17.5 Å². The summed E-state index contributed by atoms with van der Waals surface area (Å²) in [6.45, 7) is 0.497. The summed E-state index contributed by atoms with van der Waals surface area (Å²) >= 11 is 3.38. The van der Waals surface area contributed by atoms with Crippen LogP contribution < -0.4 is 5.69 Å². The van der Waals surface area contributed by atoms with Crippen molar-refractivity contribution in [2.75, 3.05) is 0 Å². The lowest BCUT2D eigenvalue weighted by Crippen LogP contribution is -2.29. The first-order chi connectivity index (χ1) is 7.18. The Balaban J connectivity index is 2.47. The van der Waals surface area contributed by atoms with Crippen molar-refractivity contribution < 1.29 is 5.11 Å². The van der Waals surface area contributed by atoms with Crippen LogP contribution in [-0.2, 0) is 6.54 Å². The van der Waals surface area contributed by atoms with Crippen LogP contribution in [0.4, 0.5) is 0 Å². The minimum absolute atomic E-state index is 0.107. The number of nitrogens with one attached hydrogen (secondary N) is 1. The van der Waals surface area contributed by atoms with E-state index in [1.165, 1.54) is 0 Å². The maximum Gasteiger partial charge on any atom is 0.326 e. The van der Waals surface area contributed by atoms with Crippen molar-refractivity contribution in [3.63, 3.8) is 0 Å². The maximum atomic E-state index is 11.6. The van der Waals surface area contributed by atoms with Crippen LogP contribution >= 0.6 is 15.9 Å². The van der Waals surface area contributed by atoms with Gasteiger partial charge in [-0.25, -0.2) is 4.79 Å². The zero-order chi connectivity index (χ0) is 10.6. The van der Waals surface area contributed by atoms with Gasteiger partial charge >= 0.3 is 5.69 Å². The van der Waals surface area contributed by atoms with Crippen molar-refractivity contribution in [2.24, 2.45) is 0 Å². The van der Waals surface area contributed by atoms with Crippen LogP contribution in [0.5, 0.6) is 0 Å². The number of imidazole rings is 1. The lowest BCUT2D eigenvalue weighted by Gasteiger charge is -2.24.